The number of aryl methyl sites for hydroxylation is 1. The number of guanidine groups is 1. The molecule has 31 heavy (non-hydrogen) atoms. The van der Waals surface area contributed by atoms with Crippen LogP contribution in [0.25, 0.3) is 0 Å². The molecule has 6 heteroatoms. The maximum Gasteiger partial charge on any atom is 0.247 e. The Bertz CT molecular complexity index is 896. The van der Waals surface area contributed by atoms with E-state index >= 15 is 0 Å². The molecule has 1 aromatic rings. The van der Waals surface area contributed by atoms with Crippen molar-refractivity contribution in [3.05, 3.63) is 58.7 Å². The van der Waals surface area contributed by atoms with Crippen molar-refractivity contribution in [2.24, 2.45) is 5.92 Å². The van der Waals surface area contributed by atoms with Crippen LogP contribution in [-0.4, -0.2) is 34.8 Å². The molecule has 0 aromatic heterocycles. The third kappa shape index (κ3) is 6.29. The van der Waals surface area contributed by atoms with Gasteiger partial charge in [0.05, 0.1) is 12.5 Å². The van der Waals surface area contributed by atoms with Crippen molar-refractivity contribution in [2.75, 3.05) is 6.54 Å². The lowest BCUT2D eigenvalue weighted by Crippen LogP contribution is -2.63. The van der Waals surface area contributed by atoms with E-state index in [1.54, 1.807) is 13.0 Å². The monoisotopic (exact) mass is 424 g/mol. The van der Waals surface area contributed by atoms with Crippen molar-refractivity contribution in [1.82, 2.24) is 15.5 Å². The number of nitrogens with one attached hydrogen (secondary N) is 3. The van der Waals surface area contributed by atoms with Crippen LogP contribution < -0.4 is 10.6 Å². The molecule has 168 valence electrons. The fourth-order valence-corrected chi connectivity index (χ4v) is 3.41. The summed E-state index contributed by atoms with van der Waals surface area (Å²) in [5.41, 5.74) is 3.31. The standard InChI is InChI=1S/C25H36N4O2/c1-16(2)25(7)14-22(30)29(24(26)28-25)15-18(4)11-12-19(5)23(31)27-20(6)21-10-8-9-17(3)13-21/h8-13,16,20H,14-15H2,1-7H3,(H2,26,28)(H,27,31)/b18-11+,19-12+/t20-,25-/m0/s1. The lowest BCUT2D eigenvalue weighted by molar-refractivity contribution is -0.130. The van der Waals surface area contributed by atoms with Crippen LogP contribution in [0.2, 0.25) is 0 Å². The molecule has 0 bridgehead atoms. The zero-order chi connectivity index (χ0) is 23.3. The number of nitrogens with zero attached hydrogens (tertiary/aromatic N) is 1. The highest BCUT2D eigenvalue weighted by atomic mass is 16.2. The van der Waals surface area contributed by atoms with E-state index in [2.05, 4.69) is 16.7 Å². The third-order valence-corrected chi connectivity index (χ3v) is 6.04. The first-order valence-electron chi connectivity index (χ1n) is 10.8. The number of rotatable bonds is 7. The van der Waals surface area contributed by atoms with Gasteiger partial charge in [-0.3, -0.25) is 19.9 Å². The summed E-state index contributed by atoms with van der Waals surface area (Å²) in [6.45, 7) is 14.1. The molecule has 0 unspecified atom stereocenters. The molecular formula is C25H36N4O2. The van der Waals surface area contributed by atoms with Gasteiger partial charge in [-0.1, -0.05) is 61.4 Å². The summed E-state index contributed by atoms with van der Waals surface area (Å²) >= 11 is 0. The summed E-state index contributed by atoms with van der Waals surface area (Å²) in [7, 11) is 0. The molecule has 6 nitrogen and oxygen atoms in total. The van der Waals surface area contributed by atoms with Crippen molar-refractivity contribution < 1.29 is 9.59 Å². The van der Waals surface area contributed by atoms with Crippen LogP contribution in [0.15, 0.2) is 47.6 Å². The SMILES string of the molecule is C/C(=C\C=C(/C)C(=O)N[C@@H](C)c1cccc(C)c1)CN1C(=N)N[C@](C)(C(C)C)CC1=O. The molecule has 1 heterocycles. The molecule has 0 radical (unpaired) electrons. The van der Waals surface area contributed by atoms with Gasteiger partial charge in [0, 0.05) is 17.7 Å². The van der Waals surface area contributed by atoms with Gasteiger partial charge < -0.3 is 10.6 Å². The minimum Gasteiger partial charge on any atom is -0.350 e. The molecule has 1 aliphatic rings. The molecule has 1 fully saturated rings. The van der Waals surface area contributed by atoms with Gasteiger partial charge in [-0.15, -0.1) is 0 Å². The molecular weight excluding hydrogens is 388 g/mol. The van der Waals surface area contributed by atoms with Crippen LogP contribution in [-0.2, 0) is 9.59 Å². The Labute approximate surface area is 186 Å². The molecule has 2 rings (SSSR count). The zero-order valence-electron chi connectivity index (χ0n) is 19.8. The first-order valence-corrected chi connectivity index (χ1v) is 10.8. The summed E-state index contributed by atoms with van der Waals surface area (Å²) in [5, 5.41) is 14.5. The Morgan fingerprint density at radius 2 is 1.97 bits per heavy atom. The molecule has 1 saturated heterocycles. The maximum atomic E-state index is 12.6. The minimum absolute atomic E-state index is 0.0573. The topological polar surface area (TPSA) is 85.3 Å². The van der Waals surface area contributed by atoms with E-state index in [0.29, 0.717) is 18.5 Å². The van der Waals surface area contributed by atoms with Crippen LogP contribution in [0.5, 0.6) is 0 Å². The number of allylic oxidation sites excluding steroid dienone is 2. The second-order valence-electron chi connectivity index (χ2n) is 9.17. The molecule has 0 spiro atoms. The van der Waals surface area contributed by atoms with Gasteiger partial charge >= 0.3 is 0 Å². The summed E-state index contributed by atoms with van der Waals surface area (Å²) in [6.07, 6.45) is 3.95. The van der Waals surface area contributed by atoms with Gasteiger partial charge in [0.15, 0.2) is 5.96 Å². The van der Waals surface area contributed by atoms with Crippen molar-refractivity contribution >= 4 is 17.8 Å². The van der Waals surface area contributed by atoms with Crippen LogP contribution in [0, 0.1) is 18.3 Å². The van der Waals surface area contributed by atoms with Crippen molar-refractivity contribution in [2.45, 2.75) is 66.5 Å². The Hall–Kier alpha value is -2.89. The molecule has 3 N–H and O–H groups in total. The van der Waals surface area contributed by atoms with Crippen molar-refractivity contribution in [3.63, 3.8) is 0 Å². The first kappa shape index (κ1) is 24.4. The molecule has 1 aromatic carbocycles. The lowest BCUT2D eigenvalue weighted by Gasteiger charge is -2.43. The second-order valence-corrected chi connectivity index (χ2v) is 9.17. The fraction of sp³-hybridized carbons (Fsp3) is 0.480. The van der Waals surface area contributed by atoms with Gasteiger partial charge in [0.2, 0.25) is 11.8 Å². The van der Waals surface area contributed by atoms with Crippen LogP contribution in [0.4, 0.5) is 0 Å². The number of carbonyl (C=O) groups excluding carboxylic acids is 2. The number of amides is 2. The van der Waals surface area contributed by atoms with Gasteiger partial charge in [-0.05, 0) is 46.1 Å². The second kappa shape index (κ2) is 9.94. The van der Waals surface area contributed by atoms with Gasteiger partial charge in [-0.2, -0.15) is 0 Å². The Kier molecular flexibility index (Phi) is 7.82. The largest absolute Gasteiger partial charge is 0.350 e. The number of hydrogen-bond donors (Lipinski definition) is 3. The van der Waals surface area contributed by atoms with E-state index in [4.69, 9.17) is 5.41 Å². The third-order valence-electron chi connectivity index (χ3n) is 6.04. The zero-order valence-corrected chi connectivity index (χ0v) is 19.8. The van der Waals surface area contributed by atoms with E-state index < -0.39 is 5.54 Å². The Balaban J connectivity index is 1.99. The lowest BCUT2D eigenvalue weighted by atomic mass is 9.83. The van der Waals surface area contributed by atoms with E-state index in [0.717, 1.165) is 16.7 Å². The maximum absolute atomic E-state index is 12.6. The average molecular weight is 425 g/mol. The van der Waals surface area contributed by atoms with E-state index in [9.17, 15) is 9.59 Å². The molecule has 0 saturated carbocycles. The Morgan fingerprint density at radius 3 is 2.55 bits per heavy atom. The molecule has 2 amide bonds. The smallest absolute Gasteiger partial charge is 0.247 e. The first-order chi connectivity index (χ1) is 14.4. The number of benzene rings is 1. The fourth-order valence-electron chi connectivity index (χ4n) is 3.41. The Morgan fingerprint density at radius 1 is 1.29 bits per heavy atom. The summed E-state index contributed by atoms with van der Waals surface area (Å²) < 4.78 is 0. The van der Waals surface area contributed by atoms with Gasteiger partial charge in [0.1, 0.15) is 0 Å². The normalized spacial score (nSPS) is 21.2. The quantitative estimate of drug-likeness (QED) is 0.452. The van der Waals surface area contributed by atoms with Crippen LogP contribution in [0.1, 0.15) is 65.1 Å². The molecule has 1 aliphatic heterocycles. The number of carbonyl (C=O) groups is 2. The summed E-state index contributed by atoms with van der Waals surface area (Å²) in [6, 6.07) is 8.00. The van der Waals surface area contributed by atoms with Crippen LogP contribution in [0.3, 0.4) is 0 Å². The minimum atomic E-state index is -0.398. The van der Waals surface area contributed by atoms with E-state index in [1.165, 1.54) is 4.90 Å². The van der Waals surface area contributed by atoms with Gasteiger partial charge in [0.25, 0.3) is 0 Å². The highest BCUT2D eigenvalue weighted by Gasteiger charge is 2.39. The average Bonchev–Trinajstić information content (AvgIpc) is 2.68. The highest BCUT2D eigenvalue weighted by Crippen LogP contribution is 2.26. The molecule has 2 atom stereocenters. The predicted molar refractivity (Wildman–Crippen MR) is 126 cm³/mol. The van der Waals surface area contributed by atoms with E-state index in [1.807, 2.05) is 65.8 Å². The summed E-state index contributed by atoms with van der Waals surface area (Å²) in [4.78, 5) is 26.6. The van der Waals surface area contributed by atoms with E-state index in [-0.39, 0.29) is 29.7 Å². The van der Waals surface area contributed by atoms with Crippen LogP contribution >= 0.6 is 0 Å². The molecule has 0 aliphatic carbocycles. The van der Waals surface area contributed by atoms with Crippen molar-refractivity contribution in [1.29, 1.82) is 5.41 Å². The van der Waals surface area contributed by atoms with Gasteiger partial charge in [-0.25, -0.2) is 0 Å². The highest BCUT2D eigenvalue weighted by molar-refractivity contribution is 5.99. The van der Waals surface area contributed by atoms with Crippen molar-refractivity contribution in [3.8, 4) is 0 Å². The number of hydrogen-bond acceptors (Lipinski definition) is 3. The predicted octanol–water partition coefficient (Wildman–Crippen LogP) is 4.24. The summed E-state index contributed by atoms with van der Waals surface area (Å²) in [5.74, 6) is 0.180.